The standard InChI is InChI=1S/C21H31N5/c1-24(2)13-14-26-21-19(9-6-11-22-21)20(23-26)18-10-12-25(16-18)15-17-7-4-3-5-8-17/h3-4,6,9,11,17-18H,5,7-8,10,12-16H2,1-2H3/t17-,18-/m0/s1. The molecule has 0 N–H and O–H groups in total. The Bertz CT molecular complexity index is 763. The minimum Gasteiger partial charge on any atom is -0.308 e. The molecule has 4 rings (SSSR count). The van der Waals surface area contributed by atoms with Gasteiger partial charge in [0.15, 0.2) is 5.65 Å². The third-order valence-corrected chi connectivity index (χ3v) is 5.85. The maximum Gasteiger partial charge on any atom is 0.158 e. The van der Waals surface area contributed by atoms with Crippen molar-refractivity contribution >= 4 is 11.0 Å². The zero-order valence-electron chi connectivity index (χ0n) is 16.1. The summed E-state index contributed by atoms with van der Waals surface area (Å²) in [5.41, 5.74) is 2.30. The van der Waals surface area contributed by atoms with Crippen LogP contribution in [0.15, 0.2) is 30.5 Å². The van der Waals surface area contributed by atoms with Crippen LogP contribution < -0.4 is 0 Å². The molecule has 26 heavy (non-hydrogen) atoms. The molecule has 1 fully saturated rings. The van der Waals surface area contributed by atoms with Crippen LogP contribution in [-0.4, -0.2) is 64.8 Å². The maximum absolute atomic E-state index is 5.01. The highest BCUT2D eigenvalue weighted by atomic mass is 15.3. The fourth-order valence-electron chi connectivity index (χ4n) is 4.39. The van der Waals surface area contributed by atoms with Gasteiger partial charge in [-0.25, -0.2) is 9.67 Å². The van der Waals surface area contributed by atoms with Crippen LogP contribution in [0.5, 0.6) is 0 Å². The Morgan fingerprint density at radius 1 is 1.23 bits per heavy atom. The molecule has 0 amide bonds. The van der Waals surface area contributed by atoms with E-state index >= 15 is 0 Å². The highest BCUT2D eigenvalue weighted by Crippen LogP contribution is 2.32. The highest BCUT2D eigenvalue weighted by molar-refractivity contribution is 5.78. The van der Waals surface area contributed by atoms with Gasteiger partial charge in [-0.2, -0.15) is 5.10 Å². The number of nitrogens with zero attached hydrogens (tertiary/aromatic N) is 5. The number of fused-ring (bicyclic) bond motifs is 1. The van der Waals surface area contributed by atoms with Crippen molar-refractivity contribution in [3.05, 3.63) is 36.2 Å². The SMILES string of the molecule is CN(C)CCn1nc([C@H]2CCN(C[C@H]3CC=CCC3)C2)c2cccnc21. The van der Waals surface area contributed by atoms with E-state index in [1.807, 2.05) is 12.3 Å². The van der Waals surface area contributed by atoms with Crippen molar-refractivity contribution in [3.8, 4) is 0 Å². The van der Waals surface area contributed by atoms with Crippen LogP contribution in [0.3, 0.4) is 0 Å². The van der Waals surface area contributed by atoms with Gasteiger partial charge in [-0.15, -0.1) is 0 Å². The average molecular weight is 354 g/mol. The zero-order valence-corrected chi connectivity index (χ0v) is 16.1. The van der Waals surface area contributed by atoms with Gasteiger partial charge < -0.3 is 9.80 Å². The first-order valence-electron chi connectivity index (χ1n) is 10.0. The monoisotopic (exact) mass is 353 g/mol. The normalized spacial score (nSPS) is 24.1. The van der Waals surface area contributed by atoms with E-state index in [0.717, 1.165) is 31.2 Å². The summed E-state index contributed by atoms with van der Waals surface area (Å²) in [7, 11) is 4.21. The van der Waals surface area contributed by atoms with Crippen LogP contribution in [-0.2, 0) is 6.54 Å². The van der Waals surface area contributed by atoms with Crippen molar-refractivity contribution in [1.29, 1.82) is 0 Å². The molecule has 2 aromatic rings. The predicted octanol–water partition coefficient (Wildman–Crippen LogP) is 3.14. The molecule has 1 aliphatic heterocycles. The molecular weight excluding hydrogens is 322 g/mol. The van der Waals surface area contributed by atoms with Crippen LogP contribution in [0, 0.1) is 5.92 Å². The number of pyridine rings is 1. The van der Waals surface area contributed by atoms with E-state index in [1.165, 1.54) is 49.9 Å². The number of likely N-dealkylation sites (tertiary alicyclic amines) is 1. The fraction of sp³-hybridized carbons (Fsp3) is 0.619. The van der Waals surface area contributed by atoms with Crippen LogP contribution in [0.25, 0.3) is 11.0 Å². The Morgan fingerprint density at radius 2 is 2.15 bits per heavy atom. The van der Waals surface area contributed by atoms with E-state index < -0.39 is 0 Å². The summed E-state index contributed by atoms with van der Waals surface area (Å²) in [6, 6.07) is 4.25. The van der Waals surface area contributed by atoms with Crippen molar-refractivity contribution in [2.45, 2.75) is 38.1 Å². The molecule has 140 valence electrons. The van der Waals surface area contributed by atoms with Gasteiger partial charge in [0, 0.05) is 37.1 Å². The van der Waals surface area contributed by atoms with Crippen LogP contribution in [0.1, 0.15) is 37.3 Å². The number of hydrogen-bond acceptors (Lipinski definition) is 4. The molecule has 5 nitrogen and oxygen atoms in total. The van der Waals surface area contributed by atoms with Gasteiger partial charge in [-0.1, -0.05) is 12.2 Å². The highest BCUT2D eigenvalue weighted by Gasteiger charge is 2.29. The topological polar surface area (TPSA) is 37.2 Å². The Morgan fingerprint density at radius 3 is 2.96 bits per heavy atom. The van der Waals surface area contributed by atoms with Crippen molar-refractivity contribution < 1.29 is 0 Å². The first-order chi connectivity index (χ1) is 12.7. The Kier molecular flexibility index (Phi) is 5.36. The second kappa shape index (κ2) is 7.89. The quantitative estimate of drug-likeness (QED) is 0.748. The molecule has 0 saturated carbocycles. The van der Waals surface area contributed by atoms with Crippen molar-refractivity contribution in [3.63, 3.8) is 0 Å². The van der Waals surface area contributed by atoms with Crippen LogP contribution in [0.4, 0.5) is 0 Å². The van der Waals surface area contributed by atoms with Crippen LogP contribution >= 0.6 is 0 Å². The zero-order chi connectivity index (χ0) is 17.9. The molecule has 0 radical (unpaired) electrons. The molecule has 1 aliphatic carbocycles. The molecule has 5 heteroatoms. The number of allylic oxidation sites excluding steroid dienone is 2. The Labute approximate surface area is 156 Å². The molecule has 2 aliphatic rings. The van der Waals surface area contributed by atoms with Gasteiger partial charge in [0.05, 0.1) is 12.2 Å². The van der Waals surface area contributed by atoms with E-state index in [1.54, 1.807) is 0 Å². The van der Waals surface area contributed by atoms with E-state index in [4.69, 9.17) is 5.10 Å². The summed E-state index contributed by atoms with van der Waals surface area (Å²) in [6.45, 7) is 5.48. The van der Waals surface area contributed by atoms with Gasteiger partial charge in [0.2, 0.25) is 0 Å². The van der Waals surface area contributed by atoms with Crippen molar-refractivity contribution in [1.82, 2.24) is 24.6 Å². The average Bonchev–Trinajstić information content (AvgIpc) is 3.25. The third-order valence-electron chi connectivity index (χ3n) is 5.85. The summed E-state index contributed by atoms with van der Waals surface area (Å²) < 4.78 is 2.11. The number of rotatable bonds is 6. The molecule has 3 heterocycles. The molecule has 0 bridgehead atoms. The molecule has 1 saturated heterocycles. The van der Waals surface area contributed by atoms with Crippen LogP contribution in [0.2, 0.25) is 0 Å². The molecule has 0 unspecified atom stereocenters. The second-order valence-electron chi connectivity index (χ2n) is 8.18. The molecular formula is C21H31N5. The van der Waals surface area contributed by atoms with Gasteiger partial charge in [-0.3, -0.25) is 0 Å². The lowest BCUT2D eigenvalue weighted by Gasteiger charge is -2.24. The molecule has 0 aromatic carbocycles. The summed E-state index contributed by atoms with van der Waals surface area (Å²) in [5.74, 6) is 1.39. The summed E-state index contributed by atoms with van der Waals surface area (Å²) in [5, 5.41) is 6.26. The fourth-order valence-corrected chi connectivity index (χ4v) is 4.39. The van der Waals surface area contributed by atoms with Gasteiger partial charge >= 0.3 is 0 Å². The van der Waals surface area contributed by atoms with E-state index in [-0.39, 0.29) is 0 Å². The summed E-state index contributed by atoms with van der Waals surface area (Å²) in [4.78, 5) is 9.49. The lowest BCUT2D eigenvalue weighted by molar-refractivity contribution is 0.263. The molecule has 2 atom stereocenters. The van der Waals surface area contributed by atoms with Crippen molar-refractivity contribution in [2.24, 2.45) is 5.92 Å². The third kappa shape index (κ3) is 3.84. The smallest absolute Gasteiger partial charge is 0.158 e. The lowest BCUT2D eigenvalue weighted by atomic mass is 9.94. The number of hydrogen-bond donors (Lipinski definition) is 0. The first kappa shape index (κ1) is 17.7. The Hall–Kier alpha value is -1.72. The number of aromatic nitrogens is 3. The predicted molar refractivity (Wildman–Crippen MR) is 106 cm³/mol. The minimum atomic E-state index is 0.543. The largest absolute Gasteiger partial charge is 0.308 e. The van der Waals surface area contributed by atoms with Gasteiger partial charge in [0.1, 0.15) is 0 Å². The van der Waals surface area contributed by atoms with Gasteiger partial charge in [-0.05, 0) is 64.4 Å². The first-order valence-corrected chi connectivity index (χ1v) is 10.0. The summed E-state index contributed by atoms with van der Waals surface area (Å²) in [6.07, 6.45) is 11.7. The lowest BCUT2D eigenvalue weighted by Crippen LogP contribution is -2.28. The van der Waals surface area contributed by atoms with E-state index in [0.29, 0.717) is 5.92 Å². The van der Waals surface area contributed by atoms with Crippen molar-refractivity contribution in [2.75, 3.05) is 40.3 Å². The molecule has 2 aromatic heterocycles. The maximum atomic E-state index is 5.01. The summed E-state index contributed by atoms with van der Waals surface area (Å²) >= 11 is 0. The Balaban J connectivity index is 1.49. The second-order valence-corrected chi connectivity index (χ2v) is 8.18. The molecule has 0 spiro atoms. The van der Waals surface area contributed by atoms with E-state index in [2.05, 4.69) is 51.8 Å². The minimum absolute atomic E-state index is 0.543. The van der Waals surface area contributed by atoms with Gasteiger partial charge in [0.25, 0.3) is 0 Å². The van der Waals surface area contributed by atoms with E-state index in [9.17, 15) is 0 Å². The number of likely N-dealkylation sites (N-methyl/N-ethyl adjacent to an activating group) is 1.